The van der Waals surface area contributed by atoms with E-state index in [4.69, 9.17) is 4.74 Å². The molecule has 0 aliphatic carbocycles. The van der Waals surface area contributed by atoms with Crippen LogP contribution in [-0.2, 0) is 9.59 Å². The Labute approximate surface area is 196 Å². The molecule has 34 heavy (non-hydrogen) atoms. The predicted molar refractivity (Wildman–Crippen MR) is 131 cm³/mol. The lowest BCUT2D eigenvalue weighted by Crippen LogP contribution is -2.29. The van der Waals surface area contributed by atoms with Gasteiger partial charge in [-0.25, -0.2) is 0 Å². The molecule has 0 spiro atoms. The van der Waals surface area contributed by atoms with Crippen LogP contribution in [-0.4, -0.2) is 28.4 Å². The molecule has 3 aromatic carbocycles. The third-order valence-electron chi connectivity index (χ3n) is 5.86. The highest BCUT2D eigenvalue weighted by Crippen LogP contribution is 2.42. The van der Waals surface area contributed by atoms with Crippen LogP contribution in [0.5, 0.6) is 5.75 Å². The Morgan fingerprint density at radius 3 is 2.53 bits per heavy atom. The predicted octanol–water partition coefficient (Wildman–Crippen LogP) is 5.26. The largest absolute Gasteiger partial charge is 0.507 e. The van der Waals surface area contributed by atoms with Gasteiger partial charge >= 0.3 is 0 Å². The van der Waals surface area contributed by atoms with E-state index in [1.54, 1.807) is 54.7 Å². The van der Waals surface area contributed by atoms with Crippen molar-refractivity contribution in [1.29, 1.82) is 0 Å². The molecular weight excluding hydrogens is 428 g/mol. The Hall–Kier alpha value is -4.45. The van der Waals surface area contributed by atoms with Crippen LogP contribution >= 0.6 is 0 Å². The van der Waals surface area contributed by atoms with Crippen LogP contribution in [0.3, 0.4) is 0 Å². The second-order valence-electron chi connectivity index (χ2n) is 7.88. The van der Waals surface area contributed by atoms with Crippen LogP contribution in [0.4, 0.5) is 5.69 Å². The smallest absolute Gasteiger partial charge is 0.300 e. The molecule has 0 radical (unpaired) electrons. The van der Waals surface area contributed by atoms with Gasteiger partial charge in [-0.3, -0.25) is 19.5 Å². The monoisotopic (exact) mass is 450 g/mol. The number of Topliss-reactive ketones (excluding diaryl/α,β-unsaturated/α-hetero) is 1. The first-order valence-electron chi connectivity index (χ1n) is 11.0. The normalized spacial score (nSPS) is 17.3. The molecule has 2 heterocycles. The molecule has 1 aliphatic rings. The minimum Gasteiger partial charge on any atom is -0.507 e. The van der Waals surface area contributed by atoms with E-state index in [9.17, 15) is 14.7 Å². The number of nitrogens with zero attached hydrogens (tertiary/aromatic N) is 2. The van der Waals surface area contributed by atoms with Gasteiger partial charge in [-0.1, -0.05) is 54.6 Å². The quantitative estimate of drug-likeness (QED) is 0.255. The van der Waals surface area contributed by atoms with Crippen molar-refractivity contribution in [2.75, 3.05) is 11.5 Å². The van der Waals surface area contributed by atoms with Crippen LogP contribution < -0.4 is 9.64 Å². The number of aromatic nitrogens is 1. The van der Waals surface area contributed by atoms with Crippen LogP contribution in [0, 0.1) is 0 Å². The SMILES string of the molecule is CCOc1cccc(N2C(=O)C(=O)/C(=C(\O)c3cccc4ccccc34)C2c2ccccn2)c1. The molecule has 0 saturated carbocycles. The molecule has 1 unspecified atom stereocenters. The number of hydrogen-bond acceptors (Lipinski definition) is 5. The molecule has 0 bridgehead atoms. The van der Waals surface area contributed by atoms with Crippen molar-refractivity contribution in [3.63, 3.8) is 0 Å². The number of anilines is 1. The van der Waals surface area contributed by atoms with E-state index in [2.05, 4.69) is 4.98 Å². The van der Waals surface area contributed by atoms with Gasteiger partial charge in [-0.05, 0) is 42.0 Å². The number of ketones is 1. The summed E-state index contributed by atoms with van der Waals surface area (Å²) in [4.78, 5) is 32.5. The fraction of sp³-hybridized carbons (Fsp3) is 0.107. The lowest BCUT2D eigenvalue weighted by Gasteiger charge is -2.25. The molecule has 1 aromatic heterocycles. The summed E-state index contributed by atoms with van der Waals surface area (Å²) < 4.78 is 5.60. The first kappa shape index (κ1) is 21.4. The Kier molecular flexibility index (Phi) is 5.55. The van der Waals surface area contributed by atoms with Gasteiger partial charge in [-0.15, -0.1) is 0 Å². The highest BCUT2D eigenvalue weighted by molar-refractivity contribution is 6.51. The van der Waals surface area contributed by atoms with Gasteiger partial charge in [-0.2, -0.15) is 0 Å². The number of ether oxygens (including phenoxy) is 1. The minimum absolute atomic E-state index is 0.00173. The zero-order valence-electron chi connectivity index (χ0n) is 18.5. The summed E-state index contributed by atoms with van der Waals surface area (Å²) in [6.45, 7) is 2.34. The van der Waals surface area contributed by atoms with E-state index in [1.807, 2.05) is 43.3 Å². The minimum atomic E-state index is -0.892. The fourth-order valence-corrected chi connectivity index (χ4v) is 4.38. The molecule has 5 rings (SSSR count). The number of fused-ring (bicyclic) bond motifs is 1. The first-order chi connectivity index (χ1) is 16.6. The number of amides is 1. The van der Waals surface area contributed by atoms with Crippen LogP contribution in [0.25, 0.3) is 16.5 Å². The summed E-state index contributed by atoms with van der Waals surface area (Å²) in [6.07, 6.45) is 1.60. The number of rotatable bonds is 5. The van der Waals surface area contributed by atoms with Crippen molar-refractivity contribution in [2.24, 2.45) is 0 Å². The standard InChI is InChI=1S/C28H22N2O4/c1-2-34-20-12-8-11-19(17-20)30-25(23-15-5-6-16-29-23)24(27(32)28(30)33)26(31)22-14-7-10-18-9-3-4-13-21(18)22/h3-17,25,31H,2H2,1H3/b26-24-. The number of aliphatic hydroxyl groups excluding tert-OH is 1. The van der Waals surface area contributed by atoms with E-state index in [1.165, 1.54) is 4.90 Å². The maximum atomic E-state index is 13.4. The molecule has 1 aliphatic heterocycles. The third-order valence-corrected chi connectivity index (χ3v) is 5.86. The van der Waals surface area contributed by atoms with Crippen molar-refractivity contribution < 1.29 is 19.4 Å². The number of pyridine rings is 1. The maximum absolute atomic E-state index is 13.4. The van der Waals surface area contributed by atoms with Crippen molar-refractivity contribution in [3.8, 4) is 5.75 Å². The highest BCUT2D eigenvalue weighted by atomic mass is 16.5. The summed E-state index contributed by atoms with van der Waals surface area (Å²) in [5.74, 6) is -1.14. The number of aliphatic hydroxyl groups is 1. The summed E-state index contributed by atoms with van der Waals surface area (Å²) >= 11 is 0. The number of carbonyl (C=O) groups is 2. The van der Waals surface area contributed by atoms with Crippen LogP contribution in [0.1, 0.15) is 24.2 Å². The van der Waals surface area contributed by atoms with E-state index >= 15 is 0 Å². The third kappa shape index (κ3) is 3.59. The van der Waals surface area contributed by atoms with Gasteiger partial charge in [0.05, 0.1) is 17.9 Å². The average Bonchev–Trinajstić information content (AvgIpc) is 3.14. The lowest BCUT2D eigenvalue weighted by atomic mass is 9.95. The molecule has 1 atom stereocenters. The van der Waals surface area contributed by atoms with E-state index in [-0.39, 0.29) is 11.3 Å². The second kappa shape index (κ2) is 8.83. The second-order valence-corrected chi connectivity index (χ2v) is 7.88. The molecule has 6 nitrogen and oxygen atoms in total. The average molecular weight is 450 g/mol. The van der Waals surface area contributed by atoms with Gasteiger partial charge in [0.15, 0.2) is 0 Å². The van der Waals surface area contributed by atoms with Crippen molar-refractivity contribution in [1.82, 2.24) is 4.98 Å². The summed E-state index contributed by atoms with van der Waals surface area (Å²) in [6, 6.07) is 24.5. The zero-order chi connectivity index (χ0) is 23.7. The summed E-state index contributed by atoms with van der Waals surface area (Å²) in [5.41, 5.74) is 1.45. The van der Waals surface area contributed by atoms with E-state index < -0.39 is 17.7 Å². The first-order valence-corrected chi connectivity index (χ1v) is 11.0. The molecular formula is C28H22N2O4. The summed E-state index contributed by atoms with van der Waals surface area (Å²) in [7, 11) is 0. The maximum Gasteiger partial charge on any atom is 0.300 e. The molecule has 1 fully saturated rings. The van der Waals surface area contributed by atoms with E-state index in [0.29, 0.717) is 29.3 Å². The van der Waals surface area contributed by atoms with Gasteiger partial charge in [0.25, 0.3) is 11.7 Å². The van der Waals surface area contributed by atoms with Crippen molar-refractivity contribution in [3.05, 3.63) is 108 Å². The fourth-order valence-electron chi connectivity index (χ4n) is 4.38. The molecule has 6 heteroatoms. The molecule has 1 N–H and O–H groups in total. The number of benzene rings is 3. The van der Waals surface area contributed by atoms with Gasteiger partial charge in [0, 0.05) is 23.5 Å². The van der Waals surface area contributed by atoms with Crippen molar-refractivity contribution >= 4 is 33.9 Å². The van der Waals surface area contributed by atoms with Crippen LogP contribution in [0.15, 0.2) is 96.7 Å². The Balaban J connectivity index is 1.74. The highest BCUT2D eigenvalue weighted by Gasteiger charge is 2.47. The molecule has 168 valence electrons. The topological polar surface area (TPSA) is 79.7 Å². The van der Waals surface area contributed by atoms with E-state index in [0.717, 1.165) is 10.8 Å². The van der Waals surface area contributed by atoms with Crippen LogP contribution in [0.2, 0.25) is 0 Å². The Morgan fingerprint density at radius 1 is 0.971 bits per heavy atom. The Morgan fingerprint density at radius 2 is 1.74 bits per heavy atom. The zero-order valence-corrected chi connectivity index (χ0v) is 18.5. The molecule has 1 amide bonds. The summed E-state index contributed by atoms with van der Waals surface area (Å²) in [5, 5.41) is 13.2. The Bertz CT molecular complexity index is 1420. The molecule has 4 aromatic rings. The van der Waals surface area contributed by atoms with Gasteiger partial charge in [0.2, 0.25) is 0 Å². The van der Waals surface area contributed by atoms with Gasteiger partial charge in [0.1, 0.15) is 17.6 Å². The number of carbonyl (C=O) groups excluding carboxylic acids is 2. The number of hydrogen-bond donors (Lipinski definition) is 1. The lowest BCUT2D eigenvalue weighted by molar-refractivity contribution is -0.132. The molecule has 1 saturated heterocycles. The van der Waals surface area contributed by atoms with Crippen molar-refractivity contribution in [2.45, 2.75) is 13.0 Å². The van der Waals surface area contributed by atoms with Gasteiger partial charge < -0.3 is 9.84 Å².